The number of anilines is 1. The van der Waals surface area contributed by atoms with Crippen molar-refractivity contribution in [3.05, 3.63) is 29.8 Å². The molecular formula is C22H29N3O5. The Hall–Kier alpha value is -2.90. The van der Waals surface area contributed by atoms with Gasteiger partial charge < -0.3 is 19.4 Å². The average molecular weight is 415 g/mol. The van der Waals surface area contributed by atoms with Crippen LogP contribution in [0, 0.1) is 5.92 Å². The van der Waals surface area contributed by atoms with Gasteiger partial charge in [-0.05, 0) is 50.5 Å². The van der Waals surface area contributed by atoms with Crippen molar-refractivity contribution in [1.29, 1.82) is 0 Å². The average Bonchev–Trinajstić information content (AvgIpc) is 3.19. The minimum Gasteiger partial charge on any atom is -0.466 e. The van der Waals surface area contributed by atoms with E-state index in [1.807, 2.05) is 0 Å². The monoisotopic (exact) mass is 415 g/mol. The fourth-order valence-corrected chi connectivity index (χ4v) is 3.96. The standard InChI is InChI=1S/C22H29N3O5/c1-3-30-22(29)17-6-4-12-24(14-17)20(27)15-23(2)21(28)16-8-10-18(11-9-16)25-13-5-7-19(25)26/h8-11,17H,3-7,12-15H2,1-2H3. The summed E-state index contributed by atoms with van der Waals surface area (Å²) < 4.78 is 5.07. The quantitative estimate of drug-likeness (QED) is 0.660. The highest BCUT2D eigenvalue weighted by atomic mass is 16.5. The third kappa shape index (κ3) is 4.98. The van der Waals surface area contributed by atoms with Gasteiger partial charge in [-0.2, -0.15) is 0 Å². The molecule has 0 bridgehead atoms. The van der Waals surface area contributed by atoms with Gasteiger partial charge in [0, 0.05) is 44.4 Å². The summed E-state index contributed by atoms with van der Waals surface area (Å²) in [4.78, 5) is 54.0. The molecule has 2 fully saturated rings. The van der Waals surface area contributed by atoms with Crippen LogP contribution in [0.1, 0.15) is 43.0 Å². The van der Waals surface area contributed by atoms with Crippen molar-refractivity contribution in [2.75, 3.05) is 44.7 Å². The molecule has 162 valence electrons. The molecule has 1 atom stereocenters. The molecule has 8 heteroatoms. The number of benzene rings is 1. The van der Waals surface area contributed by atoms with Crippen LogP contribution < -0.4 is 4.90 Å². The Labute approximate surface area is 176 Å². The summed E-state index contributed by atoms with van der Waals surface area (Å²) in [6.07, 6.45) is 2.85. The number of esters is 1. The zero-order valence-corrected chi connectivity index (χ0v) is 17.6. The first-order valence-corrected chi connectivity index (χ1v) is 10.5. The van der Waals surface area contributed by atoms with Gasteiger partial charge in [0.2, 0.25) is 11.8 Å². The number of carbonyl (C=O) groups excluding carboxylic acids is 4. The molecule has 3 amide bonds. The number of rotatable bonds is 6. The minimum atomic E-state index is -0.301. The lowest BCUT2D eigenvalue weighted by atomic mass is 9.98. The maximum Gasteiger partial charge on any atom is 0.310 e. The van der Waals surface area contributed by atoms with Gasteiger partial charge >= 0.3 is 5.97 Å². The normalized spacial score (nSPS) is 19.0. The molecule has 1 unspecified atom stereocenters. The largest absolute Gasteiger partial charge is 0.466 e. The smallest absolute Gasteiger partial charge is 0.310 e. The van der Waals surface area contributed by atoms with Crippen LogP contribution in [0.25, 0.3) is 0 Å². The van der Waals surface area contributed by atoms with Crippen molar-refractivity contribution in [2.45, 2.75) is 32.6 Å². The van der Waals surface area contributed by atoms with E-state index in [-0.39, 0.29) is 36.2 Å². The van der Waals surface area contributed by atoms with Crippen LogP contribution in [0.4, 0.5) is 5.69 Å². The van der Waals surface area contributed by atoms with E-state index in [4.69, 9.17) is 4.74 Å². The van der Waals surface area contributed by atoms with Crippen molar-refractivity contribution < 1.29 is 23.9 Å². The van der Waals surface area contributed by atoms with Gasteiger partial charge in [-0.3, -0.25) is 19.2 Å². The van der Waals surface area contributed by atoms with Crippen LogP contribution in [0.15, 0.2) is 24.3 Å². The molecule has 0 aliphatic carbocycles. The Morgan fingerprint density at radius 1 is 1.13 bits per heavy atom. The highest BCUT2D eigenvalue weighted by Crippen LogP contribution is 2.22. The highest BCUT2D eigenvalue weighted by Gasteiger charge is 2.30. The Morgan fingerprint density at radius 2 is 1.87 bits per heavy atom. The van der Waals surface area contributed by atoms with Gasteiger partial charge in [-0.15, -0.1) is 0 Å². The number of likely N-dealkylation sites (tertiary alicyclic amines) is 1. The molecule has 1 aromatic carbocycles. The second kappa shape index (κ2) is 9.73. The Morgan fingerprint density at radius 3 is 2.50 bits per heavy atom. The van der Waals surface area contributed by atoms with E-state index in [1.165, 1.54) is 4.90 Å². The zero-order chi connectivity index (χ0) is 21.7. The molecule has 0 spiro atoms. The van der Waals surface area contributed by atoms with Gasteiger partial charge in [0.15, 0.2) is 0 Å². The lowest BCUT2D eigenvalue weighted by Crippen LogP contribution is -2.47. The third-order valence-corrected chi connectivity index (χ3v) is 5.61. The van der Waals surface area contributed by atoms with Crippen LogP contribution >= 0.6 is 0 Å². The first-order chi connectivity index (χ1) is 14.4. The summed E-state index contributed by atoms with van der Waals surface area (Å²) in [6, 6.07) is 6.89. The van der Waals surface area contributed by atoms with E-state index < -0.39 is 0 Å². The summed E-state index contributed by atoms with van der Waals surface area (Å²) in [5.74, 6) is -0.916. The second-order valence-electron chi connectivity index (χ2n) is 7.79. The van der Waals surface area contributed by atoms with E-state index in [2.05, 4.69) is 0 Å². The highest BCUT2D eigenvalue weighted by molar-refractivity contribution is 5.98. The number of carbonyl (C=O) groups is 4. The molecule has 8 nitrogen and oxygen atoms in total. The van der Waals surface area contributed by atoms with Crippen molar-refractivity contribution >= 4 is 29.4 Å². The predicted octanol–water partition coefficient (Wildman–Crippen LogP) is 1.69. The molecule has 30 heavy (non-hydrogen) atoms. The summed E-state index contributed by atoms with van der Waals surface area (Å²) in [5.41, 5.74) is 1.25. The molecule has 0 saturated carbocycles. The number of nitrogens with zero attached hydrogens (tertiary/aromatic N) is 3. The SMILES string of the molecule is CCOC(=O)C1CCCN(C(=O)CN(C)C(=O)c2ccc(N3CCCC3=O)cc2)C1. The predicted molar refractivity (Wildman–Crippen MR) is 111 cm³/mol. The van der Waals surface area contributed by atoms with Gasteiger partial charge in [-0.25, -0.2) is 0 Å². The molecule has 0 N–H and O–H groups in total. The van der Waals surface area contributed by atoms with E-state index in [0.29, 0.717) is 44.6 Å². The second-order valence-corrected chi connectivity index (χ2v) is 7.79. The maximum absolute atomic E-state index is 12.7. The third-order valence-electron chi connectivity index (χ3n) is 5.61. The van der Waals surface area contributed by atoms with Gasteiger partial charge in [0.1, 0.15) is 0 Å². The molecule has 2 heterocycles. The van der Waals surface area contributed by atoms with Crippen molar-refractivity contribution in [2.24, 2.45) is 5.92 Å². The van der Waals surface area contributed by atoms with Gasteiger partial charge in [0.05, 0.1) is 19.1 Å². The lowest BCUT2D eigenvalue weighted by Gasteiger charge is -2.32. The molecular weight excluding hydrogens is 386 g/mol. The van der Waals surface area contributed by atoms with Crippen molar-refractivity contribution in [1.82, 2.24) is 9.80 Å². The molecule has 3 rings (SSSR count). The van der Waals surface area contributed by atoms with Crippen molar-refractivity contribution in [3.8, 4) is 0 Å². The summed E-state index contributed by atoms with van der Waals surface area (Å²) in [7, 11) is 1.59. The number of hydrogen-bond acceptors (Lipinski definition) is 5. The van der Waals surface area contributed by atoms with Crippen molar-refractivity contribution in [3.63, 3.8) is 0 Å². The summed E-state index contributed by atoms with van der Waals surface area (Å²) in [5, 5.41) is 0. The fraction of sp³-hybridized carbons (Fsp3) is 0.545. The van der Waals surface area contributed by atoms with Crippen LogP contribution in [-0.4, -0.2) is 73.3 Å². The molecule has 1 aromatic rings. The molecule has 0 aromatic heterocycles. The molecule has 2 saturated heterocycles. The zero-order valence-electron chi connectivity index (χ0n) is 17.6. The number of amides is 3. The summed E-state index contributed by atoms with van der Waals surface area (Å²) in [6.45, 7) is 3.64. The van der Waals surface area contributed by atoms with E-state index in [1.54, 1.807) is 48.0 Å². The van der Waals surface area contributed by atoms with E-state index in [9.17, 15) is 19.2 Å². The van der Waals surface area contributed by atoms with Crippen LogP contribution in [0.2, 0.25) is 0 Å². The van der Waals surface area contributed by atoms with Gasteiger partial charge in [0.25, 0.3) is 5.91 Å². The first-order valence-electron chi connectivity index (χ1n) is 10.5. The van der Waals surface area contributed by atoms with E-state index >= 15 is 0 Å². The van der Waals surface area contributed by atoms with Crippen LogP contribution in [0.5, 0.6) is 0 Å². The topological polar surface area (TPSA) is 87.2 Å². The Bertz CT molecular complexity index is 807. The molecule has 0 radical (unpaired) electrons. The molecule has 2 aliphatic heterocycles. The molecule has 2 aliphatic rings. The Kier molecular flexibility index (Phi) is 7.07. The van der Waals surface area contributed by atoms with Crippen LogP contribution in [0.3, 0.4) is 0 Å². The number of ether oxygens (including phenoxy) is 1. The number of hydrogen-bond donors (Lipinski definition) is 0. The van der Waals surface area contributed by atoms with E-state index in [0.717, 1.165) is 18.5 Å². The summed E-state index contributed by atoms with van der Waals surface area (Å²) >= 11 is 0. The van der Waals surface area contributed by atoms with Gasteiger partial charge in [-0.1, -0.05) is 0 Å². The number of likely N-dealkylation sites (N-methyl/N-ethyl adjacent to an activating group) is 1. The lowest BCUT2D eigenvalue weighted by molar-refractivity contribution is -0.151. The fourth-order valence-electron chi connectivity index (χ4n) is 3.96. The number of piperidine rings is 1. The minimum absolute atomic E-state index is 0.0548. The Balaban J connectivity index is 1.56. The maximum atomic E-state index is 12.7. The first kappa shape index (κ1) is 21.8. The van der Waals surface area contributed by atoms with Crippen LogP contribution in [-0.2, 0) is 19.1 Å².